The van der Waals surface area contributed by atoms with Crippen LogP contribution < -0.4 is 9.83 Å². The van der Waals surface area contributed by atoms with Gasteiger partial charge in [-0.15, -0.1) is 0 Å². The van der Waals surface area contributed by atoms with Gasteiger partial charge < -0.3 is 4.52 Å². The normalized spacial score (nSPS) is 10.6. The first-order valence-corrected chi connectivity index (χ1v) is 5.39. The van der Waals surface area contributed by atoms with Crippen LogP contribution in [-0.4, -0.2) is 0 Å². The van der Waals surface area contributed by atoms with Crippen molar-refractivity contribution >= 4 is 14.1 Å². The highest BCUT2D eigenvalue weighted by Crippen LogP contribution is 2.19. The Morgan fingerprint density at radius 2 is 1.29 bits per heavy atom. The van der Waals surface area contributed by atoms with Gasteiger partial charge in [0.1, 0.15) is 14.6 Å². The van der Waals surface area contributed by atoms with Gasteiger partial charge in [-0.05, 0) is 12.1 Å². The summed E-state index contributed by atoms with van der Waals surface area (Å²) in [4.78, 5) is 0. The van der Waals surface area contributed by atoms with E-state index in [2.05, 4.69) is 12.1 Å². The molecule has 0 aliphatic carbocycles. The maximum atomic E-state index is 5.62. The molecule has 1 atom stereocenters. The van der Waals surface area contributed by atoms with Crippen LogP contribution in [-0.2, 0) is 0 Å². The zero-order valence-corrected chi connectivity index (χ0v) is 8.68. The fourth-order valence-corrected chi connectivity index (χ4v) is 1.81. The van der Waals surface area contributed by atoms with Gasteiger partial charge in [0.05, 0.1) is 0 Å². The predicted molar refractivity (Wildman–Crippen MR) is 61.5 cm³/mol. The first kappa shape index (κ1) is 9.23. The molecule has 0 bridgehead atoms. The Hall–Kier alpha value is -1.33. The Morgan fingerprint density at radius 1 is 0.714 bits per heavy atom. The van der Waals surface area contributed by atoms with Crippen LogP contribution in [0.3, 0.4) is 0 Å². The minimum Gasteiger partial charge on any atom is -0.472 e. The highest BCUT2D eigenvalue weighted by Gasteiger charge is 1.93. The van der Waals surface area contributed by atoms with Gasteiger partial charge in [-0.2, -0.15) is 0 Å². The van der Waals surface area contributed by atoms with Crippen LogP contribution in [0.2, 0.25) is 0 Å². The SMILES string of the molecule is c1ccc(OPc2ccccc2)cc1. The van der Waals surface area contributed by atoms with E-state index in [1.54, 1.807) is 0 Å². The second kappa shape index (κ2) is 4.78. The topological polar surface area (TPSA) is 9.23 Å². The molecule has 0 N–H and O–H groups in total. The second-order valence-corrected chi connectivity index (χ2v) is 3.87. The molecule has 0 fully saturated rings. The van der Waals surface area contributed by atoms with E-state index in [-0.39, 0.29) is 0 Å². The van der Waals surface area contributed by atoms with Crippen LogP contribution in [0.25, 0.3) is 0 Å². The molecule has 0 saturated heterocycles. The lowest BCUT2D eigenvalue weighted by molar-refractivity contribution is 0.638. The van der Waals surface area contributed by atoms with E-state index in [0.717, 1.165) is 5.75 Å². The molecule has 0 aliphatic heterocycles. The highest BCUT2D eigenvalue weighted by molar-refractivity contribution is 7.42. The van der Waals surface area contributed by atoms with E-state index in [1.165, 1.54) is 5.30 Å². The van der Waals surface area contributed by atoms with E-state index < -0.39 is 0 Å². The maximum Gasteiger partial charge on any atom is 0.123 e. The van der Waals surface area contributed by atoms with Crippen LogP contribution in [0.1, 0.15) is 0 Å². The van der Waals surface area contributed by atoms with Crippen LogP contribution in [0.15, 0.2) is 60.7 Å². The molecule has 2 aromatic carbocycles. The average Bonchev–Trinajstić information content (AvgIpc) is 2.29. The Balaban J connectivity index is 1.96. The molecule has 0 amide bonds. The third-order valence-corrected chi connectivity index (χ3v) is 2.71. The molecule has 1 nitrogen and oxygen atoms in total. The van der Waals surface area contributed by atoms with Crippen molar-refractivity contribution in [1.29, 1.82) is 0 Å². The Kier molecular flexibility index (Phi) is 3.15. The Labute approximate surface area is 85.6 Å². The number of benzene rings is 2. The van der Waals surface area contributed by atoms with Gasteiger partial charge in [-0.25, -0.2) is 0 Å². The number of hydrogen-bond acceptors (Lipinski definition) is 1. The molecule has 0 heterocycles. The predicted octanol–water partition coefficient (Wildman–Crippen LogP) is 2.98. The first-order valence-electron chi connectivity index (χ1n) is 4.48. The molecule has 0 radical (unpaired) electrons. The summed E-state index contributed by atoms with van der Waals surface area (Å²) >= 11 is 0. The lowest BCUT2D eigenvalue weighted by Crippen LogP contribution is -1.94. The van der Waals surface area contributed by atoms with Gasteiger partial charge >= 0.3 is 0 Å². The van der Waals surface area contributed by atoms with E-state index in [4.69, 9.17) is 4.52 Å². The minimum atomic E-state index is 0.382. The molecule has 0 saturated carbocycles. The summed E-state index contributed by atoms with van der Waals surface area (Å²) in [6.45, 7) is 0. The van der Waals surface area contributed by atoms with Crippen LogP contribution in [0.4, 0.5) is 0 Å². The summed E-state index contributed by atoms with van der Waals surface area (Å²) in [5.74, 6) is 0.926. The van der Waals surface area contributed by atoms with Crippen LogP contribution in [0.5, 0.6) is 5.75 Å². The van der Waals surface area contributed by atoms with Gasteiger partial charge in [0.2, 0.25) is 0 Å². The molecule has 2 aromatic rings. The molecular formula is C12H11OP. The van der Waals surface area contributed by atoms with Gasteiger partial charge in [0, 0.05) is 5.30 Å². The van der Waals surface area contributed by atoms with Gasteiger partial charge in [0.15, 0.2) is 0 Å². The summed E-state index contributed by atoms with van der Waals surface area (Å²) in [7, 11) is 0.382. The number of rotatable bonds is 3. The Bertz CT molecular complexity index is 333. The molecule has 0 aliphatic rings. The van der Waals surface area contributed by atoms with Crippen molar-refractivity contribution in [3.8, 4) is 5.75 Å². The quantitative estimate of drug-likeness (QED) is 0.695. The highest BCUT2D eigenvalue weighted by atomic mass is 31.1. The summed E-state index contributed by atoms with van der Waals surface area (Å²) in [5.41, 5.74) is 0. The summed E-state index contributed by atoms with van der Waals surface area (Å²) in [6.07, 6.45) is 0. The molecule has 14 heavy (non-hydrogen) atoms. The fraction of sp³-hybridized carbons (Fsp3) is 0. The first-order chi connectivity index (χ1) is 6.95. The maximum absolute atomic E-state index is 5.62. The summed E-state index contributed by atoms with van der Waals surface area (Å²) in [5, 5.41) is 1.22. The Morgan fingerprint density at radius 3 is 1.93 bits per heavy atom. The van der Waals surface area contributed by atoms with Crippen molar-refractivity contribution in [1.82, 2.24) is 0 Å². The largest absolute Gasteiger partial charge is 0.472 e. The lowest BCUT2D eigenvalue weighted by atomic mass is 10.3. The van der Waals surface area contributed by atoms with Gasteiger partial charge in [0.25, 0.3) is 0 Å². The molecule has 2 heteroatoms. The molecule has 1 unspecified atom stereocenters. The zero-order chi connectivity index (χ0) is 9.64. The summed E-state index contributed by atoms with van der Waals surface area (Å²) < 4.78 is 5.62. The molecule has 70 valence electrons. The molecule has 0 spiro atoms. The van der Waals surface area contributed by atoms with Crippen molar-refractivity contribution in [3.63, 3.8) is 0 Å². The number of hydrogen-bond donors (Lipinski definition) is 0. The van der Waals surface area contributed by atoms with Crippen molar-refractivity contribution in [2.45, 2.75) is 0 Å². The molecule has 0 aromatic heterocycles. The van der Waals surface area contributed by atoms with E-state index >= 15 is 0 Å². The average molecular weight is 202 g/mol. The lowest BCUT2D eigenvalue weighted by Gasteiger charge is -2.04. The fourth-order valence-electron chi connectivity index (χ4n) is 1.11. The zero-order valence-electron chi connectivity index (χ0n) is 7.68. The third kappa shape index (κ3) is 2.58. The molecule has 2 rings (SSSR count). The standard InChI is InChI=1S/C12H11OP/c1-3-7-11(8-4-1)13-14-12-9-5-2-6-10-12/h1-10,14H. The van der Waals surface area contributed by atoms with Crippen molar-refractivity contribution < 1.29 is 4.52 Å². The van der Waals surface area contributed by atoms with E-state index in [0.29, 0.717) is 8.81 Å². The number of para-hydroxylation sites is 1. The summed E-state index contributed by atoms with van der Waals surface area (Å²) in [6, 6.07) is 20.1. The minimum absolute atomic E-state index is 0.382. The van der Waals surface area contributed by atoms with E-state index in [1.807, 2.05) is 48.5 Å². The van der Waals surface area contributed by atoms with Crippen molar-refractivity contribution in [2.75, 3.05) is 0 Å². The van der Waals surface area contributed by atoms with E-state index in [9.17, 15) is 0 Å². The van der Waals surface area contributed by atoms with Gasteiger partial charge in [-0.1, -0.05) is 48.5 Å². The molecular weight excluding hydrogens is 191 g/mol. The van der Waals surface area contributed by atoms with Crippen LogP contribution >= 0.6 is 8.81 Å². The smallest absolute Gasteiger partial charge is 0.123 e. The second-order valence-electron chi connectivity index (χ2n) is 2.88. The third-order valence-electron chi connectivity index (χ3n) is 1.80. The van der Waals surface area contributed by atoms with Crippen molar-refractivity contribution in [3.05, 3.63) is 60.7 Å². The van der Waals surface area contributed by atoms with Crippen LogP contribution in [0, 0.1) is 0 Å². The monoisotopic (exact) mass is 202 g/mol. The van der Waals surface area contributed by atoms with Gasteiger partial charge in [-0.3, -0.25) is 0 Å². The van der Waals surface area contributed by atoms with Crippen molar-refractivity contribution in [2.24, 2.45) is 0 Å².